The number of imidazole rings is 1. The number of hydrogen-bond donors (Lipinski definition) is 0. The van der Waals surface area contributed by atoms with Crippen molar-refractivity contribution in [2.45, 2.75) is 25.6 Å². The van der Waals surface area contributed by atoms with E-state index in [2.05, 4.69) is 19.9 Å². The van der Waals surface area contributed by atoms with Crippen molar-refractivity contribution in [1.29, 1.82) is 0 Å². The van der Waals surface area contributed by atoms with Crippen LogP contribution in [0.15, 0.2) is 59.4 Å². The first-order valence-electron chi connectivity index (χ1n) is 9.47. The third kappa shape index (κ3) is 4.06. The van der Waals surface area contributed by atoms with Gasteiger partial charge >= 0.3 is 6.36 Å². The topological polar surface area (TPSA) is 75.2 Å². The van der Waals surface area contributed by atoms with Gasteiger partial charge in [0, 0.05) is 5.56 Å². The maximum absolute atomic E-state index is 13.2. The van der Waals surface area contributed by atoms with Crippen LogP contribution in [-0.4, -0.2) is 26.1 Å². The molecule has 4 aromatic rings. The van der Waals surface area contributed by atoms with Crippen LogP contribution in [0.5, 0.6) is 5.75 Å². The lowest BCUT2D eigenvalue weighted by molar-refractivity contribution is -0.274. The number of nitrogens with zero attached hydrogens (tertiary/aromatic N) is 4. The van der Waals surface area contributed by atoms with Crippen LogP contribution in [0.2, 0.25) is 0 Å². The summed E-state index contributed by atoms with van der Waals surface area (Å²) >= 11 is 0. The standard InChI is InChI=1S/C21H14F4N4O3/c22-14-5-1-12(2-6-14)17-9-29-11-26-18(16(29)10-30-17)20-27-19(28-32-20)13-3-7-15(8-4-13)31-21(23,24)25/h1-8,11,17H,9-10H2. The third-order valence-electron chi connectivity index (χ3n) is 4.95. The number of alkyl halides is 3. The van der Waals surface area contributed by atoms with Crippen molar-refractivity contribution in [2.24, 2.45) is 0 Å². The first-order chi connectivity index (χ1) is 15.4. The molecule has 5 rings (SSSR count). The van der Waals surface area contributed by atoms with Crippen LogP contribution in [-0.2, 0) is 17.9 Å². The summed E-state index contributed by atoms with van der Waals surface area (Å²) in [5, 5.41) is 3.89. The van der Waals surface area contributed by atoms with Gasteiger partial charge in [-0.2, -0.15) is 4.98 Å². The van der Waals surface area contributed by atoms with Crippen LogP contribution in [0.25, 0.3) is 23.0 Å². The fourth-order valence-electron chi connectivity index (χ4n) is 3.43. The molecule has 0 N–H and O–H groups in total. The van der Waals surface area contributed by atoms with Gasteiger partial charge < -0.3 is 18.6 Å². The molecule has 0 bridgehead atoms. The predicted molar refractivity (Wildman–Crippen MR) is 102 cm³/mol. The van der Waals surface area contributed by atoms with Crippen molar-refractivity contribution in [2.75, 3.05) is 0 Å². The lowest BCUT2D eigenvalue weighted by Crippen LogP contribution is -2.20. The second kappa shape index (κ2) is 7.75. The van der Waals surface area contributed by atoms with Crippen molar-refractivity contribution >= 4 is 0 Å². The fraction of sp³-hybridized carbons (Fsp3) is 0.190. The molecular formula is C21H14F4N4O3. The molecule has 0 amide bonds. The van der Waals surface area contributed by atoms with Crippen LogP contribution < -0.4 is 4.74 Å². The molecule has 3 heterocycles. The Hall–Kier alpha value is -3.73. The van der Waals surface area contributed by atoms with Gasteiger partial charge in [0.25, 0.3) is 5.89 Å². The minimum Gasteiger partial charge on any atom is -0.406 e. The molecular weight excluding hydrogens is 432 g/mol. The average molecular weight is 446 g/mol. The number of ether oxygens (including phenoxy) is 2. The molecule has 0 radical (unpaired) electrons. The van der Waals surface area contributed by atoms with Crippen molar-refractivity contribution in [3.63, 3.8) is 0 Å². The first kappa shape index (κ1) is 20.2. The average Bonchev–Trinajstić information content (AvgIpc) is 3.40. The fourth-order valence-corrected chi connectivity index (χ4v) is 3.43. The Kier molecular flexibility index (Phi) is 4.89. The van der Waals surface area contributed by atoms with E-state index in [1.165, 1.54) is 36.4 Å². The monoisotopic (exact) mass is 446 g/mol. The van der Waals surface area contributed by atoms with Gasteiger partial charge in [0.05, 0.1) is 25.2 Å². The van der Waals surface area contributed by atoms with E-state index in [1.54, 1.807) is 18.5 Å². The first-order valence-corrected chi connectivity index (χ1v) is 9.47. The minimum absolute atomic E-state index is 0.160. The Bertz CT molecular complexity index is 1230. The molecule has 11 heteroatoms. The quantitative estimate of drug-likeness (QED) is 0.415. The number of benzene rings is 2. The van der Waals surface area contributed by atoms with Gasteiger partial charge in [0.2, 0.25) is 5.82 Å². The van der Waals surface area contributed by atoms with Gasteiger partial charge in [0.1, 0.15) is 17.7 Å². The molecule has 0 saturated carbocycles. The number of halogens is 4. The molecule has 2 aromatic heterocycles. The van der Waals surface area contributed by atoms with Crippen molar-refractivity contribution < 1.29 is 31.6 Å². The Morgan fingerprint density at radius 1 is 1.03 bits per heavy atom. The summed E-state index contributed by atoms with van der Waals surface area (Å²) in [6.45, 7) is 0.716. The molecule has 0 fully saturated rings. The summed E-state index contributed by atoms with van der Waals surface area (Å²) in [4.78, 5) is 8.66. The molecule has 0 aliphatic carbocycles. The van der Waals surface area contributed by atoms with Gasteiger partial charge in [-0.3, -0.25) is 0 Å². The highest BCUT2D eigenvalue weighted by molar-refractivity contribution is 5.59. The normalized spacial score (nSPS) is 16.1. The van der Waals surface area contributed by atoms with Crippen LogP contribution in [0.4, 0.5) is 17.6 Å². The molecule has 1 aliphatic heterocycles. The molecule has 32 heavy (non-hydrogen) atoms. The zero-order chi connectivity index (χ0) is 22.3. The number of aromatic nitrogens is 4. The van der Waals surface area contributed by atoms with E-state index in [0.717, 1.165) is 11.3 Å². The molecule has 1 unspecified atom stereocenters. The third-order valence-corrected chi connectivity index (χ3v) is 4.95. The summed E-state index contributed by atoms with van der Waals surface area (Å²) in [7, 11) is 0. The molecule has 7 nitrogen and oxygen atoms in total. The predicted octanol–water partition coefficient (Wildman–Crippen LogP) is 4.91. The highest BCUT2D eigenvalue weighted by Crippen LogP contribution is 2.32. The summed E-state index contributed by atoms with van der Waals surface area (Å²) in [5.41, 5.74) is 2.51. The van der Waals surface area contributed by atoms with Crippen LogP contribution in [0.3, 0.4) is 0 Å². The SMILES string of the molecule is Fc1ccc(C2Cn3cnc(-c4nc(-c5ccc(OC(F)(F)F)cc5)no4)c3CO2)cc1. The van der Waals surface area contributed by atoms with E-state index in [4.69, 9.17) is 9.26 Å². The van der Waals surface area contributed by atoms with E-state index >= 15 is 0 Å². The Morgan fingerprint density at radius 3 is 2.50 bits per heavy atom. The van der Waals surface area contributed by atoms with Crippen molar-refractivity contribution in [3.05, 3.63) is 71.9 Å². The second-order valence-corrected chi connectivity index (χ2v) is 7.04. The largest absolute Gasteiger partial charge is 0.573 e. The number of rotatable bonds is 4. The summed E-state index contributed by atoms with van der Waals surface area (Å²) in [5.74, 6) is -0.305. The molecule has 1 aliphatic rings. The highest BCUT2D eigenvalue weighted by atomic mass is 19.4. The van der Waals surface area contributed by atoms with Gasteiger partial charge in [-0.25, -0.2) is 9.37 Å². The molecule has 164 valence electrons. The summed E-state index contributed by atoms with van der Waals surface area (Å²) in [6, 6.07) is 11.3. The lowest BCUT2D eigenvalue weighted by atomic mass is 10.1. The smallest absolute Gasteiger partial charge is 0.406 e. The van der Waals surface area contributed by atoms with E-state index < -0.39 is 6.36 Å². The highest BCUT2D eigenvalue weighted by Gasteiger charge is 2.31. The molecule has 1 atom stereocenters. The lowest BCUT2D eigenvalue weighted by Gasteiger charge is -2.25. The second-order valence-electron chi connectivity index (χ2n) is 7.04. The Morgan fingerprint density at radius 2 is 1.78 bits per heavy atom. The molecule has 2 aromatic carbocycles. The maximum Gasteiger partial charge on any atom is 0.573 e. The van der Waals surface area contributed by atoms with Gasteiger partial charge in [0.15, 0.2) is 5.69 Å². The molecule has 0 saturated heterocycles. The van der Waals surface area contributed by atoms with Crippen LogP contribution >= 0.6 is 0 Å². The Balaban J connectivity index is 1.34. The van der Waals surface area contributed by atoms with E-state index in [0.29, 0.717) is 17.8 Å². The van der Waals surface area contributed by atoms with Crippen LogP contribution in [0.1, 0.15) is 17.4 Å². The maximum atomic E-state index is 13.2. The van der Waals surface area contributed by atoms with E-state index in [9.17, 15) is 17.6 Å². The number of fused-ring (bicyclic) bond motifs is 1. The minimum atomic E-state index is -4.77. The van der Waals surface area contributed by atoms with E-state index in [1.807, 2.05) is 4.57 Å². The van der Waals surface area contributed by atoms with Gasteiger partial charge in [-0.15, -0.1) is 13.2 Å². The van der Waals surface area contributed by atoms with Gasteiger partial charge in [-0.1, -0.05) is 17.3 Å². The summed E-state index contributed by atoms with van der Waals surface area (Å²) < 4.78 is 67.1. The molecule has 0 spiro atoms. The van der Waals surface area contributed by atoms with Crippen molar-refractivity contribution in [1.82, 2.24) is 19.7 Å². The summed E-state index contributed by atoms with van der Waals surface area (Å²) in [6.07, 6.45) is -3.38. The van der Waals surface area contributed by atoms with Crippen LogP contribution in [0, 0.1) is 5.82 Å². The van der Waals surface area contributed by atoms with E-state index in [-0.39, 0.29) is 36.0 Å². The zero-order valence-electron chi connectivity index (χ0n) is 16.2. The van der Waals surface area contributed by atoms with Gasteiger partial charge in [-0.05, 0) is 42.0 Å². The Labute approximate surface area is 178 Å². The zero-order valence-corrected chi connectivity index (χ0v) is 16.2. The van der Waals surface area contributed by atoms with Crippen molar-refractivity contribution in [3.8, 4) is 28.7 Å². The number of hydrogen-bond acceptors (Lipinski definition) is 6.